The topological polar surface area (TPSA) is 55.0 Å². The van der Waals surface area contributed by atoms with Crippen LogP contribution >= 0.6 is 0 Å². The maximum absolute atomic E-state index is 10.7. The first-order valence-electron chi connectivity index (χ1n) is 8.80. The molecule has 0 atom stereocenters. The van der Waals surface area contributed by atoms with Gasteiger partial charge in [-0.3, -0.25) is 0 Å². The molecule has 142 valence electrons. The number of benzene rings is 2. The highest BCUT2D eigenvalue weighted by atomic mass is 19.4. The Hall–Kier alpha value is -2.67. The standard InChI is InChI=1S/C18H17N3.C2H4F3N/c1-2-6-15-13-16(8-7-14(15)5-1)17-9-10-19-18(20-17)21-11-3-4-12-21;3-2(4,5)1-6/h1-2,5-10,13H,3-4,11-12H2;1,6H2. The highest BCUT2D eigenvalue weighted by Gasteiger charge is 2.23. The van der Waals surface area contributed by atoms with Gasteiger partial charge >= 0.3 is 6.18 Å². The van der Waals surface area contributed by atoms with Crippen molar-refractivity contribution in [3.8, 4) is 11.3 Å². The van der Waals surface area contributed by atoms with Crippen molar-refractivity contribution in [2.75, 3.05) is 24.5 Å². The molecule has 0 spiro atoms. The van der Waals surface area contributed by atoms with Gasteiger partial charge in [-0.1, -0.05) is 36.4 Å². The van der Waals surface area contributed by atoms with Gasteiger partial charge in [0, 0.05) is 24.8 Å². The maximum atomic E-state index is 10.7. The molecule has 0 bridgehead atoms. The van der Waals surface area contributed by atoms with Gasteiger partial charge in [0.25, 0.3) is 0 Å². The van der Waals surface area contributed by atoms with Gasteiger partial charge in [-0.25, -0.2) is 9.97 Å². The molecule has 0 saturated carbocycles. The SMILES string of the molecule is NCC(F)(F)F.c1ccc2cc(-c3ccnc(N4CCCC4)n3)ccc2c1. The van der Waals surface area contributed by atoms with Crippen LogP contribution < -0.4 is 10.6 Å². The second-order valence-corrected chi connectivity index (χ2v) is 6.32. The number of alkyl halides is 3. The van der Waals surface area contributed by atoms with E-state index in [1.165, 1.54) is 23.6 Å². The number of nitrogens with two attached hydrogens (primary N) is 1. The van der Waals surface area contributed by atoms with Crippen LogP contribution in [0.5, 0.6) is 0 Å². The fourth-order valence-corrected chi connectivity index (χ4v) is 2.93. The van der Waals surface area contributed by atoms with E-state index >= 15 is 0 Å². The van der Waals surface area contributed by atoms with Gasteiger partial charge in [-0.05, 0) is 35.7 Å². The van der Waals surface area contributed by atoms with Crippen molar-refractivity contribution in [1.82, 2.24) is 9.97 Å². The van der Waals surface area contributed by atoms with Gasteiger partial charge in [0.15, 0.2) is 0 Å². The van der Waals surface area contributed by atoms with Crippen molar-refractivity contribution in [2.24, 2.45) is 5.73 Å². The van der Waals surface area contributed by atoms with Crippen LogP contribution in [0.4, 0.5) is 19.1 Å². The summed E-state index contributed by atoms with van der Waals surface area (Å²) in [5, 5.41) is 2.51. The summed E-state index contributed by atoms with van der Waals surface area (Å²) in [5.74, 6) is 0.859. The second-order valence-electron chi connectivity index (χ2n) is 6.32. The molecule has 0 radical (unpaired) electrons. The molecule has 1 saturated heterocycles. The van der Waals surface area contributed by atoms with E-state index in [4.69, 9.17) is 4.98 Å². The molecule has 0 unspecified atom stereocenters. The quantitative estimate of drug-likeness (QED) is 0.722. The van der Waals surface area contributed by atoms with Gasteiger partial charge in [0.05, 0.1) is 12.2 Å². The zero-order valence-electron chi connectivity index (χ0n) is 14.8. The Morgan fingerprint density at radius 2 is 1.63 bits per heavy atom. The number of hydrogen-bond acceptors (Lipinski definition) is 4. The van der Waals surface area contributed by atoms with Crippen molar-refractivity contribution in [3.05, 3.63) is 54.7 Å². The summed E-state index contributed by atoms with van der Waals surface area (Å²) in [7, 11) is 0. The van der Waals surface area contributed by atoms with E-state index in [0.717, 1.165) is 30.3 Å². The predicted octanol–water partition coefficient (Wildman–Crippen LogP) is 4.40. The van der Waals surface area contributed by atoms with Crippen molar-refractivity contribution in [3.63, 3.8) is 0 Å². The molecule has 0 aliphatic carbocycles. The number of rotatable bonds is 2. The molecule has 4 rings (SSSR count). The minimum absolute atomic E-state index is 0.859. The molecule has 27 heavy (non-hydrogen) atoms. The Bertz CT molecular complexity index is 890. The first-order valence-corrected chi connectivity index (χ1v) is 8.80. The van der Waals surface area contributed by atoms with E-state index in [2.05, 4.69) is 58.1 Å². The molecule has 4 nitrogen and oxygen atoms in total. The van der Waals surface area contributed by atoms with E-state index in [1.807, 2.05) is 12.3 Å². The third-order valence-electron chi connectivity index (χ3n) is 4.31. The summed E-state index contributed by atoms with van der Waals surface area (Å²) in [6, 6.07) is 16.9. The van der Waals surface area contributed by atoms with Crippen LogP contribution in [0.3, 0.4) is 0 Å². The van der Waals surface area contributed by atoms with Crippen LogP contribution in [0, 0.1) is 0 Å². The third kappa shape index (κ3) is 5.17. The highest BCUT2D eigenvalue weighted by Crippen LogP contribution is 2.25. The maximum Gasteiger partial charge on any atom is 0.400 e. The van der Waals surface area contributed by atoms with Crippen molar-refractivity contribution in [1.29, 1.82) is 0 Å². The van der Waals surface area contributed by atoms with Gasteiger partial charge in [-0.2, -0.15) is 13.2 Å². The minimum atomic E-state index is -4.18. The summed E-state index contributed by atoms with van der Waals surface area (Å²) in [6.07, 6.45) is 0.165. The Morgan fingerprint density at radius 3 is 2.30 bits per heavy atom. The molecule has 1 aliphatic heterocycles. The number of aromatic nitrogens is 2. The number of anilines is 1. The molecular formula is C20H21F3N4. The Labute approximate surface area is 155 Å². The monoisotopic (exact) mass is 374 g/mol. The Balaban J connectivity index is 0.000000307. The lowest BCUT2D eigenvalue weighted by atomic mass is 10.1. The summed E-state index contributed by atoms with van der Waals surface area (Å²) in [4.78, 5) is 11.4. The lowest BCUT2D eigenvalue weighted by Crippen LogP contribution is -2.21. The molecule has 7 heteroatoms. The fourth-order valence-electron chi connectivity index (χ4n) is 2.93. The van der Waals surface area contributed by atoms with Crippen LogP contribution in [0.1, 0.15) is 12.8 Å². The first kappa shape index (κ1) is 19.1. The number of hydrogen-bond donors (Lipinski definition) is 1. The van der Waals surface area contributed by atoms with Crippen molar-refractivity contribution >= 4 is 16.7 Å². The highest BCUT2D eigenvalue weighted by molar-refractivity contribution is 5.86. The summed E-state index contributed by atoms with van der Waals surface area (Å²) < 4.78 is 32.0. The zero-order valence-corrected chi connectivity index (χ0v) is 14.8. The molecule has 2 heterocycles. The Morgan fingerprint density at radius 1 is 0.963 bits per heavy atom. The van der Waals surface area contributed by atoms with Gasteiger partial charge in [0.1, 0.15) is 0 Å². The van der Waals surface area contributed by atoms with Crippen LogP contribution in [-0.2, 0) is 0 Å². The van der Waals surface area contributed by atoms with E-state index < -0.39 is 12.7 Å². The van der Waals surface area contributed by atoms with Gasteiger partial charge < -0.3 is 10.6 Å². The number of nitrogens with zero attached hydrogens (tertiary/aromatic N) is 3. The van der Waals surface area contributed by atoms with Crippen LogP contribution in [-0.4, -0.2) is 35.8 Å². The van der Waals surface area contributed by atoms with Crippen LogP contribution in [0.15, 0.2) is 54.7 Å². The molecule has 2 N–H and O–H groups in total. The van der Waals surface area contributed by atoms with Crippen molar-refractivity contribution in [2.45, 2.75) is 19.0 Å². The largest absolute Gasteiger partial charge is 0.400 e. The number of fused-ring (bicyclic) bond motifs is 1. The van der Waals surface area contributed by atoms with E-state index in [1.54, 1.807) is 0 Å². The molecule has 1 fully saturated rings. The molecule has 3 aromatic rings. The van der Waals surface area contributed by atoms with E-state index in [0.29, 0.717) is 0 Å². The Kier molecular flexibility index (Phi) is 5.91. The summed E-state index contributed by atoms with van der Waals surface area (Å²) in [5.41, 5.74) is 6.33. The second kappa shape index (κ2) is 8.35. The molecule has 0 amide bonds. The average Bonchev–Trinajstić information content (AvgIpc) is 3.22. The fraction of sp³-hybridized carbons (Fsp3) is 0.300. The summed E-state index contributed by atoms with van der Waals surface area (Å²) in [6.45, 7) is 0.912. The van der Waals surface area contributed by atoms with E-state index in [9.17, 15) is 13.2 Å². The third-order valence-corrected chi connectivity index (χ3v) is 4.31. The lowest BCUT2D eigenvalue weighted by molar-refractivity contribution is -0.118. The molecule has 2 aromatic carbocycles. The zero-order chi connectivity index (χ0) is 19.3. The molecule has 1 aliphatic rings. The normalized spacial score (nSPS) is 14.1. The number of halogens is 3. The van der Waals surface area contributed by atoms with Crippen LogP contribution in [0.2, 0.25) is 0 Å². The lowest BCUT2D eigenvalue weighted by Gasteiger charge is -2.15. The summed E-state index contributed by atoms with van der Waals surface area (Å²) >= 11 is 0. The smallest absolute Gasteiger partial charge is 0.341 e. The molecule has 1 aromatic heterocycles. The molecular weight excluding hydrogens is 353 g/mol. The minimum Gasteiger partial charge on any atom is -0.341 e. The van der Waals surface area contributed by atoms with Gasteiger partial charge in [-0.15, -0.1) is 0 Å². The predicted molar refractivity (Wildman–Crippen MR) is 102 cm³/mol. The first-order chi connectivity index (χ1) is 13.0. The van der Waals surface area contributed by atoms with Gasteiger partial charge in [0.2, 0.25) is 5.95 Å². The van der Waals surface area contributed by atoms with E-state index in [-0.39, 0.29) is 0 Å². The van der Waals surface area contributed by atoms with Crippen molar-refractivity contribution < 1.29 is 13.2 Å². The average molecular weight is 374 g/mol. The van der Waals surface area contributed by atoms with Crippen LogP contribution in [0.25, 0.3) is 22.0 Å².